The van der Waals surface area contributed by atoms with Gasteiger partial charge < -0.3 is 14.4 Å². The first-order valence-corrected chi connectivity index (χ1v) is 7.97. The van der Waals surface area contributed by atoms with E-state index in [1.54, 1.807) is 12.1 Å². The third-order valence-electron chi connectivity index (χ3n) is 3.85. The van der Waals surface area contributed by atoms with E-state index in [9.17, 15) is 9.59 Å². The van der Waals surface area contributed by atoms with Gasteiger partial charge in [0.15, 0.2) is 0 Å². The molecular formula is C18H25NO4. The molecule has 0 saturated carbocycles. The molecule has 1 aromatic carbocycles. The predicted molar refractivity (Wildman–Crippen MR) is 87.4 cm³/mol. The van der Waals surface area contributed by atoms with E-state index < -0.39 is 5.60 Å². The number of hydrogen-bond donors (Lipinski definition) is 0. The van der Waals surface area contributed by atoms with Crippen LogP contribution in [0.15, 0.2) is 24.3 Å². The van der Waals surface area contributed by atoms with Crippen molar-refractivity contribution >= 4 is 12.1 Å². The fourth-order valence-electron chi connectivity index (χ4n) is 2.78. The first-order chi connectivity index (χ1) is 10.8. The summed E-state index contributed by atoms with van der Waals surface area (Å²) in [5, 5.41) is 0. The van der Waals surface area contributed by atoms with Gasteiger partial charge in [-0.3, -0.25) is 0 Å². The van der Waals surface area contributed by atoms with Crippen LogP contribution in [0.5, 0.6) is 0 Å². The fourth-order valence-corrected chi connectivity index (χ4v) is 2.78. The summed E-state index contributed by atoms with van der Waals surface area (Å²) in [6.07, 6.45) is 2.48. The lowest BCUT2D eigenvalue weighted by Crippen LogP contribution is -2.40. The van der Waals surface area contributed by atoms with E-state index in [1.807, 2.05) is 37.8 Å². The Labute approximate surface area is 137 Å². The van der Waals surface area contributed by atoms with E-state index in [0.29, 0.717) is 5.56 Å². The van der Waals surface area contributed by atoms with Gasteiger partial charge >= 0.3 is 12.1 Å². The summed E-state index contributed by atoms with van der Waals surface area (Å²) in [6.45, 7) is 6.37. The van der Waals surface area contributed by atoms with E-state index >= 15 is 0 Å². The van der Waals surface area contributed by atoms with E-state index in [1.165, 1.54) is 7.11 Å². The van der Waals surface area contributed by atoms with Crippen molar-refractivity contribution in [2.24, 2.45) is 0 Å². The van der Waals surface area contributed by atoms with Crippen LogP contribution in [0.1, 0.15) is 49.5 Å². The Morgan fingerprint density at radius 3 is 2.43 bits per heavy atom. The number of benzene rings is 1. The van der Waals surface area contributed by atoms with Gasteiger partial charge in [-0.25, -0.2) is 9.59 Å². The summed E-state index contributed by atoms with van der Waals surface area (Å²) in [6, 6.07) is 7.49. The summed E-state index contributed by atoms with van der Waals surface area (Å²) < 4.78 is 10.2. The topological polar surface area (TPSA) is 55.8 Å². The number of likely N-dealkylation sites (tertiary alicyclic amines) is 1. The van der Waals surface area contributed by atoms with E-state index in [4.69, 9.17) is 9.47 Å². The molecule has 126 valence electrons. The smallest absolute Gasteiger partial charge is 0.410 e. The molecule has 1 heterocycles. The Morgan fingerprint density at radius 2 is 1.87 bits per heavy atom. The van der Waals surface area contributed by atoms with Crippen LogP contribution in [0.4, 0.5) is 4.79 Å². The highest BCUT2D eigenvalue weighted by Crippen LogP contribution is 2.24. The molecule has 1 amide bonds. The largest absolute Gasteiger partial charge is 0.465 e. The molecule has 5 heteroatoms. The predicted octanol–water partition coefficient (Wildman–Crippen LogP) is 3.42. The number of amides is 1. The van der Waals surface area contributed by atoms with Crippen molar-refractivity contribution in [3.05, 3.63) is 35.4 Å². The van der Waals surface area contributed by atoms with Crippen LogP contribution >= 0.6 is 0 Å². The van der Waals surface area contributed by atoms with E-state index in [-0.39, 0.29) is 18.1 Å². The maximum atomic E-state index is 12.3. The fraction of sp³-hybridized carbons (Fsp3) is 0.556. The van der Waals surface area contributed by atoms with Crippen LogP contribution in [0, 0.1) is 0 Å². The summed E-state index contributed by atoms with van der Waals surface area (Å²) in [7, 11) is 1.37. The molecule has 1 fully saturated rings. The van der Waals surface area contributed by atoms with Gasteiger partial charge in [0.05, 0.1) is 12.7 Å². The molecule has 5 nitrogen and oxygen atoms in total. The van der Waals surface area contributed by atoms with Crippen molar-refractivity contribution in [2.75, 3.05) is 13.7 Å². The zero-order valence-corrected chi connectivity index (χ0v) is 14.3. The number of methoxy groups -OCH3 is 1. The molecular weight excluding hydrogens is 294 g/mol. The number of esters is 1. The molecule has 0 aromatic heterocycles. The molecule has 0 radical (unpaired) electrons. The van der Waals surface area contributed by atoms with Gasteiger partial charge in [-0.1, -0.05) is 12.1 Å². The number of carbonyl (C=O) groups is 2. The molecule has 23 heavy (non-hydrogen) atoms. The molecule has 0 spiro atoms. The minimum atomic E-state index is -0.480. The number of hydrogen-bond acceptors (Lipinski definition) is 4. The Kier molecular flexibility index (Phi) is 5.29. The molecule has 0 bridgehead atoms. The van der Waals surface area contributed by atoms with Crippen molar-refractivity contribution in [1.29, 1.82) is 0 Å². The van der Waals surface area contributed by atoms with Crippen LogP contribution in [0.3, 0.4) is 0 Å². The Hall–Kier alpha value is -2.04. The van der Waals surface area contributed by atoms with Crippen molar-refractivity contribution in [3.63, 3.8) is 0 Å². The second-order valence-corrected chi connectivity index (χ2v) is 6.86. The first kappa shape index (κ1) is 17.3. The Bertz CT molecular complexity index is 559. The lowest BCUT2D eigenvalue weighted by atomic mass is 10.0. The highest BCUT2D eigenvalue weighted by Gasteiger charge is 2.32. The molecule has 1 atom stereocenters. The highest BCUT2D eigenvalue weighted by molar-refractivity contribution is 5.89. The second kappa shape index (κ2) is 7.02. The molecule has 1 aliphatic rings. The Balaban J connectivity index is 2.01. The number of carbonyl (C=O) groups excluding carboxylic acids is 2. The minimum absolute atomic E-state index is 0.147. The summed E-state index contributed by atoms with van der Waals surface area (Å²) in [5.41, 5.74) is 1.15. The van der Waals surface area contributed by atoms with Crippen molar-refractivity contribution in [1.82, 2.24) is 4.90 Å². The molecule has 0 aliphatic carbocycles. The maximum Gasteiger partial charge on any atom is 0.410 e. The first-order valence-electron chi connectivity index (χ1n) is 7.97. The van der Waals surface area contributed by atoms with E-state index in [0.717, 1.165) is 31.4 Å². The van der Waals surface area contributed by atoms with Gasteiger partial charge in [0, 0.05) is 12.6 Å². The van der Waals surface area contributed by atoms with Crippen molar-refractivity contribution in [2.45, 2.75) is 51.7 Å². The zero-order chi connectivity index (χ0) is 17.0. The molecule has 1 unspecified atom stereocenters. The van der Waals surface area contributed by atoms with Gasteiger partial charge in [-0.05, 0) is 57.7 Å². The van der Waals surface area contributed by atoms with Gasteiger partial charge in [-0.15, -0.1) is 0 Å². The second-order valence-electron chi connectivity index (χ2n) is 6.86. The van der Waals surface area contributed by atoms with Gasteiger partial charge in [0.1, 0.15) is 5.60 Å². The van der Waals surface area contributed by atoms with Gasteiger partial charge in [0.25, 0.3) is 0 Å². The lowest BCUT2D eigenvalue weighted by Gasteiger charge is -2.28. The summed E-state index contributed by atoms with van der Waals surface area (Å²) in [5.74, 6) is -0.340. The van der Waals surface area contributed by atoms with Crippen LogP contribution in [0.25, 0.3) is 0 Å². The lowest BCUT2D eigenvalue weighted by molar-refractivity contribution is 0.0226. The molecule has 1 aromatic rings. The molecule has 0 N–H and O–H groups in total. The normalized spacial score (nSPS) is 17.9. The number of rotatable bonds is 3. The van der Waals surface area contributed by atoms with Crippen LogP contribution in [0.2, 0.25) is 0 Å². The quantitative estimate of drug-likeness (QED) is 0.801. The van der Waals surface area contributed by atoms with Crippen LogP contribution in [-0.2, 0) is 15.9 Å². The SMILES string of the molecule is COC(=O)c1ccc(CC2CCCN2C(=O)OC(C)(C)C)cc1. The molecule has 1 aliphatic heterocycles. The Morgan fingerprint density at radius 1 is 1.22 bits per heavy atom. The van der Waals surface area contributed by atoms with Gasteiger partial charge in [-0.2, -0.15) is 0 Å². The molecule has 2 rings (SSSR count). The van der Waals surface area contributed by atoms with Crippen molar-refractivity contribution in [3.8, 4) is 0 Å². The summed E-state index contributed by atoms with van der Waals surface area (Å²) >= 11 is 0. The number of ether oxygens (including phenoxy) is 2. The maximum absolute atomic E-state index is 12.3. The van der Waals surface area contributed by atoms with Gasteiger partial charge in [0.2, 0.25) is 0 Å². The minimum Gasteiger partial charge on any atom is -0.465 e. The highest BCUT2D eigenvalue weighted by atomic mass is 16.6. The number of nitrogens with zero attached hydrogens (tertiary/aromatic N) is 1. The molecule has 1 saturated heterocycles. The van der Waals surface area contributed by atoms with Crippen LogP contribution in [-0.4, -0.2) is 42.3 Å². The standard InChI is InChI=1S/C18H25NO4/c1-18(2,3)23-17(21)19-11-5-6-15(19)12-13-7-9-14(10-8-13)16(20)22-4/h7-10,15H,5-6,11-12H2,1-4H3. The van der Waals surface area contributed by atoms with Crippen LogP contribution < -0.4 is 0 Å². The third kappa shape index (κ3) is 4.71. The summed E-state index contributed by atoms with van der Waals surface area (Å²) in [4.78, 5) is 25.6. The average molecular weight is 319 g/mol. The zero-order valence-electron chi connectivity index (χ0n) is 14.3. The monoisotopic (exact) mass is 319 g/mol. The average Bonchev–Trinajstić information content (AvgIpc) is 2.94. The van der Waals surface area contributed by atoms with E-state index in [2.05, 4.69) is 0 Å². The van der Waals surface area contributed by atoms with Crippen molar-refractivity contribution < 1.29 is 19.1 Å². The third-order valence-corrected chi connectivity index (χ3v) is 3.85.